The predicted octanol–water partition coefficient (Wildman–Crippen LogP) is 4.14. The molecular weight excluding hydrogens is 474 g/mol. The normalized spacial score (nSPS) is 13.1. The van der Waals surface area contributed by atoms with Crippen molar-refractivity contribution in [2.45, 2.75) is 59.2 Å². The molecule has 0 saturated heterocycles. The van der Waals surface area contributed by atoms with E-state index >= 15 is 0 Å². The van der Waals surface area contributed by atoms with Gasteiger partial charge >= 0.3 is 0 Å². The van der Waals surface area contributed by atoms with Crippen molar-refractivity contribution < 1.29 is 18.0 Å². The van der Waals surface area contributed by atoms with E-state index < -0.39 is 28.5 Å². The second-order valence-corrected chi connectivity index (χ2v) is 10.8. The second-order valence-electron chi connectivity index (χ2n) is 8.50. The van der Waals surface area contributed by atoms with E-state index in [4.69, 9.17) is 11.6 Å². The first-order chi connectivity index (χ1) is 16.0. The molecule has 0 aliphatic rings. The van der Waals surface area contributed by atoms with E-state index in [1.165, 1.54) is 4.90 Å². The summed E-state index contributed by atoms with van der Waals surface area (Å²) in [6.45, 7) is 7.28. The minimum atomic E-state index is -3.75. The monoisotopic (exact) mass is 507 g/mol. The van der Waals surface area contributed by atoms with Gasteiger partial charge in [-0.25, -0.2) is 8.42 Å². The molecule has 1 N–H and O–H groups in total. The van der Waals surface area contributed by atoms with Gasteiger partial charge in [-0.05, 0) is 62.1 Å². The Hall–Kier alpha value is -2.58. The third-order valence-electron chi connectivity index (χ3n) is 5.62. The summed E-state index contributed by atoms with van der Waals surface area (Å²) >= 11 is 6.01. The van der Waals surface area contributed by atoms with Crippen LogP contribution < -0.4 is 9.62 Å². The van der Waals surface area contributed by atoms with Crippen molar-refractivity contribution in [1.29, 1.82) is 0 Å². The summed E-state index contributed by atoms with van der Waals surface area (Å²) in [5, 5.41) is 3.51. The van der Waals surface area contributed by atoms with E-state index in [1.807, 2.05) is 33.8 Å². The molecule has 0 unspecified atom stereocenters. The molecule has 0 fully saturated rings. The molecule has 0 bridgehead atoms. The number of carbonyl (C=O) groups excluding carboxylic acids is 2. The number of hydrogen-bond donors (Lipinski definition) is 1. The molecule has 0 aliphatic heterocycles. The number of hydrogen-bond acceptors (Lipinski definition) is 4. The van der Waals surface area contributed by atoms with Crippen LogP contribution in [0.15, 0.2) is 48.5 Å². The van der Waals surface area contributed by atoms with Crippen LogP contribution in [0.25, 0.3) is 0 Å². The van der Waals surface area contributed by atoms with Gasteiger partial charge in [0.15, 0.2) is 0 Å². The Morgan fingerprint density at radius 2 is 1.71 bits per heavy atom. The number of rotatable bonds is 11. The second kappa shape index (κ2) is 12.2. The molecule has 2 amide bonds. The molecule has 186 valence electrons. The third kappa shape index (κ3) is 7.74. The van der Waals surface area contributed by atoms with Crippen molar-refractivity contribution in [3.05, 3.63) is 64.7 Å². The topological polar surface area (TPSA) is 86.8 Å². The molecule has 2 aromatic rings. The largest absolute Gasteiger partial charge is 0.352 e. The zero-order valence-electron chi connectivity index (χ0n) is 20.4. The van der Waals surface area contributed by atoms with Crippen LogP contribution in [0.1, 0.15) is 44.7 Å². The lowest BCUT2D eigenvalue weighted by Crippen LogP contribution is -2.53. The van der Waals surface area contributed by atoms with Crippen molar-refractivity contribution >= 4 is 39.1 Å². The molecule has 9 heteroatoms. The van der Waals surface area contributed by atoms with Crippen LogP contribution in [0.3, 0.4) is 0 Å². The fourth-order valence-corrected chi connectivity index (χ4v) is 4.51. The van der Waals surface area contributed by atoms with Gasteiger partial charge in [0, 0.05) is 17.6 Å². The molecule has 0 radical (unpaired) electrons. The highest BCUT2D eigenvalue weighted by atomic mass is 35.5. The van der Waals surface area contributed by atoms with Crippen molar-refractivity contribution in [1.82, 2.24) is 10.2 Å². The molecule has 0 spiro atoms. The Labute approximate surface area is 208 Å². The number of halogens is 1. The fraction of sp³-hybridized carbons (Fsp3) is 0.440. The number of nitrogens with one attached hydrogen (secondary N) is 1. The van der Waals surface area contributed by atoms with Crippen molar-refractivity contribution in [2.24, 2.45) is 0 Å². The van der Waals surface area contributed by atoms with Gasteiger partial charge in [0.25, 0.3) is 0 Å². The number of sulfonamides is 1. The quantitative estimate of drug-likeness (QED) is 0.495. The Balaban J connectivity index is 2.43. The minimum absolute atomic E-state index is 0.0474. The highest BCUT2D eigenvalue weighted by Gasteiger charge is 2.32. The van der Waals surface area contributed by atoms with Crippen LogP contribution in [0.2, 0.25) is 5.02 Å². The van der Waals surface area contributed by atoms with E-state index in [9.17, 15) is 18.0 Å². The molecule has 0 aliphatic carbocycles. The Bertz CT molecular complexity index is 1090. The Morgan fingerprint density at radius 3 is 2.24 bits per heavy atom. The van der Waals surface area contributed by atoms with Crippen LogP contribution in [-0.2, 0) is 26.2 Å². The maximum absolute atomic E-state index is 13.6. The molecule has 2 rings (SSSR count). The summed E-state index contributed by atoms with van der Waals surface area (Å²) in [4.78, 5) is 28.1. The summed E-state index contributed by atoms with van der Waals surface area (Å²) in [6.07, 6.45) is 2.20. The standard InChI is InChI=1S/C25H34ClN3O4S/c1-6-19(4)27-25(31)23(7-2)28(16-20-11-13-21(26)14-12-20)24(30)17-29(34(5,32)33)22-10-8-9-18(3)15-22/h8-15,19,23H,6-7,16-17H2,1-5H3,(H,27,31)/t19-,23-/m0/s1. The summed E-state index contributed by atoms with van der Waals surface area (Å²) in [5.74, 6) is -0.728. The van der Waals surface area contributed by atoms with Gasteiger partial charge in [-0.1, -0.05) is 49.7 Å². The van der Waals surface area contributed by atoms with Gasteiger partial charge < -0.3 is 10.2 Å². The molecule has 7 nitrogen and oxygen atoms in total. The summed E-state index contributed by atoms with van der Waals surface area (Å²) < 4.78 is 26.3. The Morgan fingerprint density at radius 1 is 1.06 bits per heavy atom. The average Bonchev–Trinajstić information content (AvgIpc) is 2.77. The van der Waals surface area contributed by atoms with Crippen molar-refractivity contribution in [3.8, 4) is 0 Å². The van der Waals surface area contributed by atoms with Crippen LogP contribution in [0, 0.1) is 6.92 Å². The van der Waals surface area contributed by atoms with Crippen molar-refractivity contribution in [2.75, 3.05) is 17.1 Å². The van der Waals surface area contributed by atoms with Gasteiger partial charge in [0.2, 0.25) is 21.8 Å². The lowest BCUT2D eigenvalue weighted by atomic mass is 10.1. The first kappa shape index (κ1) is 27.7. The van der Waals surface area contributed by atoms with Gasteiger partial charge in [0.1, 0.15) is 12.6 Å². The van der Waals surface area contributed by atoms with E-state index in [0.29, 0.717) is 17.1 Å². The molecule has 34 heavy (non-hydrogen) atoms. The highest BCUT2D eigenvalue weighted by Crippen LogP contribution is 2.21. The lowest BCUT2D eigenvalue weighted by molar-refractivity contribution is -0.140. The number of amides is 2. The molecule has 2 atom stereocenters. The van der Waals surface area contributed by atoms with E-state index in [2.05, 4.69) is 5.32 Å². The smallest absolute Gasteiger partial charge is 0.244 e. The number of benzene rings is 2. The minimum Gasteiger partial charge on any atom is -0.352 e. The van der Waals surface area contributed by atoms with Crippen molar-refractivity contribution in [3.63, 3.8) is 0 Å². The highest BCUT2D eigenvalue weighted by molar-refractivity contribution is 7.92. The number of nitrogens with zero attached hydrogens (tertiary/aromatic N) is 2. The van der Waals surface area contributed by atoms with Gasteiger partial charge in [-0.3, -0.25) is 13.9 Å². The fourth-order valence-electron chi connectivity index (χ4n) is 3.54. The first-order valence-electron chi connectivity index (χ1n) is 11.3. The number of aryl methyl sites for hydroxylation is 1. The van der Waals surface area contributed by atoms with E-state index in [-0.39, 0.29) is 18.5 Å². The summed E-state index contributed by atoms with van der Waals surface area (Å²) in [5.41, 5.74) is 2.06. The van der Waals surface area contributed by atoms with Crippen LogP contribution in [0.4, 0.5) is 5.69 Å². The lowest BCUT2D eigenvalue weighted by Gasteiger charge is -2.33. The van der Waals surface area contributed by atoms with Gasteiger partial charge in [-0.15, -0.1) is 0 Å². The zero-order valence-corrected chi connectivity index (χ0v) is 22.0. The first-order valence-corrected chi connectivity index (χ1v) is 13.6. The van der Waals surface area contributed by atoms with E-state index in [1.54, 1.807) is 42.5 Å². The maximum atomic E-state index is 13.6. The number of carbonyl (C=O) groups is 2. The maximum Gasteiger partial charge on any atom is 0.244 e. The molecule has 2 aromatic carbocycles. The van der Waals surface area contributed by atoms with Crippen LogP contribution in [-0.4, -0.2) is 50.0 Å². The molecule has 0 heterocycles. The number of anilines is 1. The molecule has 0 aromatic heterocycles. The zero-order chi connectivity index (χ0) is 25.5. The summed E-state index contributed by atoms with van der Waals surface area (Å²) in [7, 11) is -3.75. The van der Waals surface area contributed by atoms with Gasteiger partial charge in [-0.2, -0.15) is 0 Å². The third-order valence-corrected chi connectivity index (χ3v) is 7.01. The molecule has 0 saturated carbocycles. The SMILES string of the molecule is CC[C@H](C)NC(=O)[C@H](CC)N(Cc1ccc(Cl)cc1)C(=O)CN(c1cccc(C)c1)S(C)(=O)=O. The molecular formula is C25H34ClN3O4S. The van der Waals surface area contributed by atoms with Gasteiger partial charge in [0.05, 0.1) is 11.9 Å². The van der Waals surface area contributed by atoms with Crippen LogP contribution >= 0.6 is 11.6 Å². The predicted molar refractivity (Wildman–Crippen MR) is 137 cm³/mol. The van der Waals surface area contributed by atoms with Crippen LogP contribution in [0.5, 0.6) is 0 Å². The average molecular weight is 508 g/mol. The summed E-state index contributed by atoms with van der Waals surface area (Å²) in [6, 6.07) is 13.2. The Kier molecular flexibility index (Phi) is 9.94. The van der Waals surface area contributed by atoms with E-state index in [0.717, 1.165) is 28.1 Å².